The predicted octanol–water partition coefficient (Wildman–Crippen LogP) is 2.09. The molecule has 34 heavy (non-hydrogen) atoms. The molecule has 182 valence electrons. The number of ether oxygens (including phenoxy) is 2. The molecule has 1 saturated heterocycles. The largest absolute Gasteiger partial charge is 0.492 e. The Balaban J connectivity index is 1.66. The first-order chi connectivity index (χ1) is 16.4. The molecule has 2 aromatic rings. The predicted molar refractivity (Wildman–Crippen MR) is 126 cm³/mol. The maximum Gasteiger partial charge on any atom is 0.266 e. The number of likely N-dealkylation sites (tertiary alicyclic amines) is 1. The van der Waals surface area contributed by atoms with E-state index in [4.69, 9.17) is 14.7 Å². The highest BCUT2D eigenvalue weighted by Gasteiger charge is 2.27. The molecule has 0 spiro atoms. The van der Waals surface area contributed by atoms with Crippen LogP contribution >= 0.6 is 0 Å². The van der Waals surface area contributed by atoms with Crippen LogP contribution in [-0.2, 0) is 14.8 Å². The first kappa shape index (κ1) is 25.5. The minimum absolute atomic E-state index is 0.0565. The second kappa shape index (κ2) is 12.4. The van der Waals surface area contributed by atoms with E-state index >= 15 is 0 Å². The van der Waals surface area contributed by atoms with E-state index < -0.39 is 22.0 Å². The fourth-order valence-electron chi connectivity index (χ4n) is 3.52. The average Bonchev–Trinajstić information content (AvgIpc) is 3.37. The van der Waals surface area contributed by atoms with Gasteiger partial charge in [0.15, 0.2) is 0 Å². The van der Waals surface area contributed by atoms with Crippen molar-refractivity contribution in [2.75, 3.05) is 32.8 Å². The molecule has 1 fully saturated rings. The zero-order valence-corrected chi connectivity index (χ0v) is 19.8. The Morgan fingerprint density at radius 3 is 2.29 bits per heavy atom. The van der Waals surface area contributed by atoms with Crippen LogP contribution in [-0.4, -0.2) is 57.3 Å². The van der Waals surface area contributed by atoms with Crippen LogP contribution in [0.15, 0.2) is 53.4 Å². The SMILES string of the molecule is CC#CCOc1ccc(S(=O)(=O)NC(C(=O)NO)c2ccc(OCCN3CCCC3)cc2)cc1. The Morgan fingerprint density at radius 2 is 1.68 bits per heavy atom. The molecule has 3 rings (SSSR count). The lowest BCUT2D eigenvalue weighted by Crippen LogP contribution is -2.39. The van der Waals surface area contributed by atoms with Crippen LogP contribution in [0, 0.1) is 11.8 Å². The lowest BCUT2D eigenvalue weighted by molar-refractivity contribution is -0.131. The van der Waals surface area contributed by atoms with Crippen molar-refractivity contribution < 1.29 is 27.9 Å². The van der Waals surface area contributed by atoms with Gasteiger partial charge in [0, 0.05) is 6.54 Å². The lowest BCUT2D eigenvalue weighted by Gasteiger charge is -2.18. The van der Waals surface area contributed by atoms with E-state index in [1.807, 2.05) is 0 Å². The molecule has 1 amide bonds. The third-order valence-corrected chi connectivity index (χ3v) is 6.79. The molecule has 9 nitrogen and oxygen atoms in total. The second-order valence-corrected chi connectivity index (χ2v) is 9.40. The maximum absolute atomic E-state index is 12.9. The van der Waals surface area contributed by atoms with Gasteiger partial charge in [0.1, 0.15) is 30.8 Å². The van der Waals surface area contributed by atoms with Gasteiger partial charge in [0.25, 0.3) is 5.91 Å². The van der Waals surface area contributed by atoms with Crippen molar-refractivity contribution in [3.05, 3.63) is 54.1 Å². The first-order valence-corrected chi connectivity index (χ1v) is 12.4. The molecule has 1 aliphatic rings. The number of carbonyl (C=O) groups excluding carboxylic acids is 1. The van der Waals surface area contributed by atoms with Crippen molar-refractivity contribution in [1.82, 2.24) is 15.1 Å². The number of carbonyl (C=O) groups is 1. The highest BCUT2D eigenvalue weighted by Crippen LogP contribution is 2.22. The van der Waals surface area contributed by atoms with E-state index in [1.165, 1.54) is 42.6 Å². The minimum atomic E-state index is -4.08. The number of sulfonamides is 1. The van der Waals surface area contributed by atoms with E-state index in [0.29, 0.717) is 23.7 Å². The quantitative estimate of drug-likeness (QED) is 0.252. The molecule has 1 unspecified atom stereocenters. The smallest absolute Gasteiger partial charge is 0.266 e. The van der Waals surface area contributed by atoms with Crippen LogP contribution < -0.4 is 19.7 Å². The van der Waals surface area contributed by atoms with Gasteiger partial charge in [-0.3, -0.25) is 14.9 Å². The normalized spacial score (nSPS) is 14.6. The van der Waals surface area contributed by atoms with Gasteiger partial charge in [-0.15, -0.1) is 5.92 Å². The number of nitrogens with one attached hydrogen (secondary N) is 2. The molecule has 2 aromatic carbocycles. The van der Waals surface area contributed by atoms with Crippen molar-refractivity contribution in [2.45, 2.75) is 30.7 Å². The van der Waals surface area contributed by atoms with Crippen molar-refractivity contribution in [1.29, 1.82) is 0 Å². The molecule has 0 radical (unpaired) electrons. The summed E-state index contributed by atoms with van der Waals surface area (Å²) in [5, 5.41) is 9.16. The van der Waals surface area contributed by atoms with Crippen LogP contribution in [0.2, 0.25) is 0 Å². The third kappa shape index (κ3) is 7.20. The van der Waals surface area contributed by atoms with Gasteiger partial charge >= 0.3 is 0 Å². The van der Waals surface area contributed by atoms with Crippen molar-refractivity contribution in [3.8, 4) is 23.3 Å². The van der Waals surface area contributed by atoms with Gasteiger partial charge in [-0.05, 0) is 74.8 Å². The van der Waals surface area contributed by atoms with E-state index in [9.17, 15) is 13.2 Å². The standard InChI is InChI=1S/C24H29N3O6S/c1-2-3-17-32-21-10-12-22(13-11-21)34(30,31)26-23(24(28)25-29)19-6-8-20(9-7-19)33-18-16-27-14-4-5-15-27/h6-13,23,26,29H,4-5,14-18H2,1H3,(H,25,28). The summed E-state index contributed by atoms with van der Waals surface area (Å²) >= 11 is 0. The zero-order valence-electron chi connectivity index (χ0n) is 19.0. The second-order valence-electron chi connectivity index (χ2n) is 7.68. The fraction of sp³-hybridized carbons (Fsp3) is 0.375. The Bertz CT molecular complexity index is 1100. The Labute approximate surface area is 200 Å². The van der Waals surface area contributed by atoms with Gasteiger partial charge in [0.2, 0.25) is 10.0 Å². The summed E-state index contributed by atoms with van der Waals surface area (Å²) in [6.07, 6.45) is 2.43. The highest BCUT2D eigenvalue weighted by atomic mass is 32.2. The van der Waals surface area contributed by atoms with Crippen LogP contribution in [0.1, 0.15) is 31.4 Å². The van der Waals surface area contributed by atoms with Gasteiger partial charge in [-0.25, -0.2) is 13.9 Å². The summed E-state index contributed by atoms with van der Waals surface area (Å²) in [5.74, 6) is 5.61. The lowest BCUT2D eigenvalue weighted by atomic mass is 10.1. The number of benzene rings is 2. The van der Waals surface area contributed by atoms with Crippen LogP contribution in [0.3, 0.4) is 0 Å². The molecule has 0 bridgehead atoms. The van der Waals surface area contributed by atoms with Gasteiger partial charge in [-0.1, -0.05) is 18.1 Å². The van der Waals surface area contributed by atoms with Gasteiger partial charge in [0.05, 0.1) is 4.90 Å². The Kier molecular flexibility index (Phi) is 9.30. The minimum Gasteiger partial charge on any atom is -0.492 e. The summed E-state index contributed by atoms with van der Waals surface area (Å²) in [6, 6.07) is 10.9. The molecule has 0 saturated carbocycles. The summed E-state index contributed by atoms with van der Waals surface area (Å²) in [5.41, 5.74) is 1.87. The summed E-state index contributed by atoms with van der Waals surface area (Å²) < 4.78 is 39.2. The van der Waals surface area contributed by atoms with Gasteiger partial charge in [-0.2, -0.15) is 4.72 Å². The van der Waals surface area contributed by atoms with Crippen LogP contribution in [0.5, 0.6) is 11.5 Å². The van der Waals surface area contributed by atoms with Gasteiger partial charge < -0.3 is 9.47 Å². The molecule has 1 heterocycles. The molecular weight excluding hydrogens is 458 g/mol. The molecule has 10 heteroatoms. The Hall–Kier alpha value is -3.10. The molecule has 1 atom stereocenters. The number of amides is 1. The number of nitrogens with zero attached hydrogens (tertiary/aromatic N) is 1. The molecule has 3 N–H and O–H groups in total. The third-order valence-electron chi connectivity index (χ3n) is 5.36. The van der Waals surface area contributed by atoms with Crippen molar-refractivity contribution in [3.63, 3.8) is 0 Å². The summed E-state index contributed by atoms with van der Waals surface area (Å²) in [4.78, 5) is 14.5. The molecule has 1 aliphatic heterocycles. The maximum atomic E-state index is 12.9. The van der Waals surface area contributed by atoms with E-state index in [-0.39, 0.29) is 11.5 Å². The zero-order chi connectivity index (χ0) is 24.4. The fourth-order valence-corrected chi connectivity index (χ4v) is 4.71. The number of hydrogen-bond donors (Lipinski definition) is 3. The first-order valence-electron chi connectivity index (χ1n) is 11.0. The van der Waals surface area contributed by atoms with E-state index in [1.54, 1.807) is 31.2 Å². The molecule has 0 aromatic heterocycles. The van der Waals surface area contributed by atoms with Crippen molar-refractivity contribution >= 4 is 15.9 Å². The molecular formula is C24H29N3O6S. The highest BCUT2D eigenvalue weighted by molar-refractivity contribution is 7.89. The van der Waals surface area contributed by atoms with Crippen molar-refractivity contribution in [2.24, 2.45) is 0 Å². The number of hydrogen-bond acceptors (Lipinski definition) is 7. The average molecular weight is 488 g/mol. The number of hydroxylamine groups is 1. The number of rotatable bonds is 11. The van der Waals surface area contributed by atoms with E-state index in [0.717, 1.165) is 19.6 Å². The monoisotopic (exact) mass is 487 g/mol. The summed E-state index contributed by atoms with van der Waals surface area (Å²) in [6.45, 7) is 5.44. The topological polar surface area (TPSA) is 117 Å². The van der Waals surface area contributed by atoms with Crippen LogP contribution in [0.25, 0.3) is 0 Å². The summed E-state index contributed by atoms with van der Waals surface area (Å²) in [7, 11) is -4.08. The van der Waals surface area contributed by atoms with Crippen LogP contribution in [0.4, 0.5) is 0 Å². The Morgan fingerprint density at radius 1 is 1.06 bits per heavy atom. The molecule has 0 aliphatic carbocycles. The van der Waals surface area contributed by atoms with E-state index in [2.05, 4.69) is 21.5 Å².